The molecule has 3 saturated carbocycles. The summed E-state index contributed by atoms with van der Waals surface area (Å²) in [6.45, 7) is 7.43. The first kappa shape index (κ1) is 39.4. The summed E-state index contributed by atoms with van der Waals surface area (Å²) in [5, 5.41) is 6.24. The van der Waals surface area contributed by atoms with E-state index in [1.165, 1.54) is 32.8 Å². The van der Waals surface area contributed by atoms with Gasteiger partial charge in [0.05, 0.1) is 23.8 Å². The molecule has 5 fully saturated rings. The van der Waals surface area contributed by atoms with Crippen molar-refractivity contribution >= 4 is 11.8 Å². The molecule has 7 rings (SSSR count). The minimum atomic E-state index is -4.46. The Hall–Kier alpha value is -3.32. The van der Waals surface area contributed by atoms with Gasteiger partial charge in [-0.2, -0.15) is 26.3 Å². The Labute approximate surface area is 308 Å². The Morgan fingerprint density at radius 2 is 1.06 bits per heavy atom. The van der Waals surface area contributed by atoms with E-state index >= 15 is 0 Å². The van der Waals surface area contributed by atoms with Crippen LogP contribution < -0.4 is 15.4 Å². The molecule has 0 radical (unpaired) electrons. The van der Waals surface area contributed by atoms with Crippen LogP contribution in [0.25, 0.3) is 0 Å². The molecule has 0 spiro atoms. The van der Waals surface area contributed by atoms with E-state index in [0.717, 1.165) is 102 Å². The number of nitrogens with zero attached hydrogens (tertiary/aromatic N) is 2. The monoisotopic (exact) mass is 750 g/mol. The van der Waals surface area contributed by atoms with Gasteiger partial charge < -0.3 is 15.4 Å². The number of benzene rings is 2. The molecule has 0 aromatic heterocycles. The maximum absolute atomic E-state index is 13.3. The van der Waals surface area contributed by atoms with Gasteiger partial charge in [0.25, 0.3) is 11.8 Å². The Bertz CT molecular complexity index is 1610. The largest absolute Gasteiger partial charge is 0.496 e. The van der Waals surface area contributed by atoms with E-state index in [1.807, 2.05) is 0 Å². The first-order valence-corrected chi connectivity index (χ1v) is 19.2. The number of nitrogens with one attached hydrogen (secondary N) is 2. The van der Waals surface area contributed by atoms with Crippen LogP contribution in [0.3, 0.4) is 0 Å². The molecule has 2 aromatic carbocycles. The van der Waals surface area contributed by atoms with Gasteiger partial charge in [0.2, 0.25) is 0 Å². The zero-order chi connectivity index (χ0) is 38.1. The van der Waals surface area contributed by atoms with Crippen LogP contribution in [0.1, 0.15) is 132 Å². The van der Waals surface area contributed by atoms with Crippen LogP contribution in [0.15, 0.2) is 24.3 Å². The Morgan fingerprint density at radius 3 is 1.47 bits per heavy atom. The average molecular weight is 751 g/mol. The highest BCUT2D eigenvalue weighted by atomic mass is 19.4. The third-order valence-corrected chi connectivity index (χ3v) is 11.8. The predicted octanol–water partition coefficient (Wildman–Crippen LogP) is 8.41. The number of likely N-dealkylation sites (tertiary alicyclic amines) is 2. The second kappa shape index (κ2) is 16.2. The normalized spacial score (nSPS) is 25.3. The van der Waals surface area contributed by atoms with Crippen LogP contribution >= 0.6 is 0 Å². The van der Waals surface area contributed by atoms with Gasteiger partial charge >= 0.3 is 12.4 Å². The molecule has 2 aliphatic heterocycles. The second-order valence-corrected chi connectivity index (χ2v) is 15.5. The molecule has 2 saturated heterocycles. The van der Waals surface area contributed by atoms with Gasteiger partial charge in [-0.25, -0.2) is 0 Å². The van der Waals surface area contributed by atoms with Crippen LogP contribution in [-0.2, 0) is 12.4 Å². The number of hydrogen-bond donors (Lipinski definition) is 2. The molecule has 3 aliphatic carbocycles. The van der Waals surface area contributed by atoms with Gasteiger partial charge in [0.1, 0.15) is 5.75 Å². The molecule has 2 amide bonds. The summed E-state index contributed by atoms with van der Waals surface area (Å²) in [6, 6.07) is 5.05. The molecular weight excluding hydrogens is 698 g/mol. The first-order valence-electron chi connectivity index (χ1n) is 19.2. The van der Waals surface area contributed by atoms with E-state index < -0.39 is 23.5 Å². The number of carbonyl (C=O) groups excluding carboxylic acids is 2. The summed E-state index contributed by atoms with van der Waals surface area (Å²) in [5.41, 5.74) is 0.430. The van der Waals surface area contributed by atoms with Crippen molar-refractivity contribution in [3.8, 4) is 5.75 Å². The highest BCUT2D eigenvalue weighted by molar-refractivity contribution is 5.99. The number of halogens is 6. The number of aryl methyl sites for hydroxylation is 2. The van der Waals surface area contributed by atoms with Crippen LogP contribution in [0.4, 0.5) is 26.3 Å². The molecule has 4 atom stereocenters. The summed E-state index contributed by atoms with van der Waals surface area (Å²) in [5.74, 6) is -0.525. The number of hydrogen-bond acceptors (Lipinski definition) is 5. The molecular formula is C40H52F6N4O3. The first-order chi connectivity index (χ1) is 25.2. The Morgan fingerprint density at radius 1 is 0.623 bits per heavy atom. The van der Waals surface area contributed by atoms with Crippen molar-refractivity contribution in [3.63, 3.8) is 0 Å². The van der Waals surface area contributed by atoms with Crippen molar-refractivity contribution in [2.45, 2.75) is 133 Å². The Kier molecular flexibility index (Phi) is 12.0. The lowest BCUT2D eigenvalue weighted by atomic mass is 9.97. The molecule has 5 aliphatic rings. The van der Waals surface area contributed by atoms with Gasteiger partial charge in [-0.05, 0) is 164 Å². The van der Waals surface area contributed by atoms with Gasteiger partial charge in [-0.1, -0.05) is 0 Å². The van der Waals surface area contributed by atoms with E-state index in [9.17, 15) is 35.9 Å². The summed E-state index contributed by atoms with van der Waals surface area (Å²) >= 11 is 0. The van der Waals surface area contributed by atoms with E-state index in [1.54, 1.807) is 13.8 Å². The molecule has 0 unspecified atom stereocenters. The van der Waals surface area contributed by atoms with E-state index in [2.05, 4.69) is 20.4 Å². The van der Waals surface area contributed by atoms with Crippen LogP contribution in [0, 0.1) is 13.8 Å². The third kappa shape index (κ3) is 9.15. The van der Waals surface area contributed by atoms with Gasteiger partial charge in [0.15, 0.2) is 0 Å². The van der Waals surface area contributed by atoms with Gasteiger partial charge in [-0.3, -0.25) is 19.4 Å². The fourth-order valence-electron chi connectivity index (χ4n) is 9.13. The van der Waals surface area contributed by atoms with Crippen molar-refractivity contribution in [1.82, 2.24) is 20.4 Å². The maximum Gasteiger partial charge on any atom is 0.416 e. The number of amides is 2. The molecule has 13 heteroatoms. The highest BCUT2D eigenvalue weighted by Gasteiger charge is 2.40. The van der Waals surface area contributed by atoms with Gasteiger partial charge in [0, 0.05) is 29.7 Å². The lowest BCUT2D eigenvalue weighted by Gasteiger charge is -2.30. The van der Waals surface area contributed by atoms with E-state index in [-0.39, 0.29) is 41.1 Å². The molecule has 0 bridgehead atoms. The smallest absolute Gasteiger partial charge is 0.416 e. The van der Waals surface area contributed by atoms with E-state index in [0.29, 0.717) is 34.3 Å². The van der Waals surface area contributed by atoms with Crippen molar-refractivity contribution in [3.05, 3.63) is 63.2 Å². The quantitative estimate of drug-likeness (QED) is 0.265. The summed E-state index contributed by atoms with van der Waals surface area (Å²) in [4.78, 5) is 30.8. The highest BCUT2D eigenvalue weighted by Crippen LogP contribution is 2.46. The molecule has 2 heterocycles. The topological polar surface area (TPSA) is 73.9 Å². The van der Waals surface area contributed by atoms with Crippen LogP contribution in [-0.4, -0.2) is 79.1 Å². The molecule has 2 aromatic rings. The summed E-state index contributed by atoms with van der Waals surface area (Å²) < 4.78 is 83.9. The number of carbonyl (C=O) groups is 2. The van der Waals surface area contributed by atoms with Crippen LogP contribution in [0.2, 0.25) is 0 Å². The predicted molar refractivity (Wildman–Crippen MR) is 190 cm³/mol. The minimum Gasteiger partial charge on any atom is -0.496 e. The third-order valence-electron chi connectivity index (χ3n) is 11.8. The van der Waals surface area contributed by atoms with E-state index in [4.69, 9.17) is 4.74 Å². The number of alkyl halides is 6. The zero-order valence-electron chi connectivity index (χ0n) is 30.9. The van der Waals surface area contributed by atoms with Crippen molar-refractivity contribution in [2.24, 2.45) is 0 Å². The SMILES string of the molecule is COc1cc(C(F)(F)F)cc(C2CC2)c1C(=O)N[C@@H]1CCC[C@@H]1N1CCCC1.Cc1cc(C(F)(F)F)cc(C)c1C(=O)N[C@@H]1CCC[C@@H]1N1CCCC1. The van der Waals surface area contributed by atoms with Crippen molar-refractivity contribution in [2.75, 3.05) is 33.3 Å². The van der Waals surface area contributed by atoms with Crippen molar-refractivity contribution < 1.29 is 40.7 Å². The second-order valence-electron chi connectivity index (χ2n) is 15.5. The molecule has 7 nitrogen and oxygen atoms in total. The Balaban J connectivity index is 0.000000183. The standard InChI is InChI=1S/C21H27F3N2O2.C19H25F3N2O/c1-28-18-12-14(21(22,23)24)11-15(13-7-8-13)19(18)20(27)25-16-5-4-6-17(16)26-9-2-3-10-26;1-12-10-14(19(20,21)22)11-13(2)17(12)18(25)23-15-6-5-7-16(15)24-8-3-4-9-24/h11-13,16-17H,2-10H2,1H3,(H,25,27);10-11,15-16H,3-9H2,1-2H3,(H,23,25)/t16-,17+;15-,16+/m11/s1. The summed E-state index contributed by atoms with van der Waals surface area (Å²) in [7, 11) is 1.32. The average Bonchev–Trinajstić information content (AvgIpc) is 3.58. The lowest BCUT2D eigenvalue weighted by Crippen LogP contribution is -2.48. The summed E-state index contributed by atoms with van der Waals surface area (Å²) in [6.07, 6.45) is 3.68. The minimum absolute atomic E-state index is 0.00917. The molecule has 2 N–H and O–H groups in total. The van der Waals surface area contributed by atoms with Crippen molar-refractivity contribution in [1.29, 1.82) is 0 Å². The zero-order valence-corrected chi connectivity index (χ0v) is 30.9. The fourth-order valence-corrected chi connectivity index (χ4v) is 9.13. The maximum atomic E-state index is 13.3. The lowest BCUT2D eigenvalue weighted by molar-refractivity contribution is -0.138. The molecule has 292 valence electrons. The molecule has 53 heavy (non-hydrogen) atoms. The van der Waals surface area contributed by atoms with Gasteiger partial charge in [-0.15, -0.1) is 0 Å². The number of rotatable bonds is 8. The fraction of sp³-hybridized carbons (Fsp3) is 0.650. The van der Waals surface area contributed by atoms with Crippen LogP contribution in [0.5, 0.6) is 5.75 Å². The number of methoxy groups -OCH3 is 1. The number of ether oxygens (including phenoxy) is 1.